The first-order valence-electron chi connectivity index (χ1n) is 10.9. The van der Waals surface area contributed by atoms with E-state index < -0.39 is 29.4 Å². The van der Waals surface area contributed by atoms with Gasteiger partial charge in [0.2, 0.25) is 0 Å². The Hall–Kier alpha value is -3.48. The van der Waals surface area contributed by atoms with Gasteiger partial charge in [0, 0.05) is 17.0 Å². The molecule has 1 amide bonds. The van der Waals surface area contributed by atoms with Crippen LogP contribution in [0.2, 0.25) is 0 Å². The molecule has 0 saturated carbocycles. The highest BCUT2D eigenvalue weighted by atomic mass is 19.1. The summed E-state index contributed by atoms with van der Waals surface area (Å²) in [5.41, 5.74) is 2.34. The van der Waals surface area contributed by atoms with Crippen LogP contribution in [0.15, 0.2) is 51.7 Å². The van der Waals surface area contributed by atoms with Crippen molar-refractivity contribution in [3.63, 3.8) is 0 Å². The summed E-state index contributed by atoms with van der Waals surface area (Å²) < 4.78 is 24.8. The molecule has 1 atom stereocenters. The lowest BCUT2D eigenvalue weighted by molar-refractivity contribution is -0.148. The Morgan fingerprint density at radius 1 is 1.09 bits per heavy atom. The number of nitrogens with one attached hydrogen (secondary N) is 1. The van der Waals surface area contributed by atoms with Crippen molar-refractivity contribution >= 4 is 22.8 Å². The van der Waals surface area contributed by atoms with Crippen LogP contribution < -0.4 is 10.9 Å². The lowest BCUT2D eigenvalue weighted by Crippen LogP contribution is -2.45. The number of halogens is 1. The highest BCUT2D eigenvalue weighted by Crippen LogP contribution is 2.27. The number of ether oxygens (including phenoxy) is 1. The zero-order chi connectivity index (χ0) is 24.3. The van der Waals surface area contributed by atoms with Crippen molar-refractivity contribution < 1.29 is 23.1 Å². The summed E-state index contributed by atoms with van der Waals surface area (Å²) in [6.45, 7) is 9.42. The maximum Gasteiger partial charge on any atom is 0.336 e. The highest BCUT2D eigenvalue weighted by molar-refractivity contribution is 5.97. The predicted octanol–water partition coefficient (Wildman–Crippen LogP) is 4.86. The van der Waals surface area contributed by atoms with E-state index in [1.54, 1.807) is 19.9 Å². The van der Waals surface area contributed by atoms with Crippen LogP contribution in [0.1, 0.15) is 60.7 Å². The van der Waals surface area contributed by atoms with Gasteiger partial charge in [-0.05, 0) is 54.2 Å². The van der Waals surface area contributed by atoms with Gasteiger partial charge in [-0.15, -0.1) is 0 Å². The van der Waals surface area contributed by atoms with E-state index in [1.807, 2.05) is 19.1 Å². The lowest BCUT2D eigenvalue weighted by atomic mass is 9.95. The van der Waals surface area contributed by atoms with E-state index in [4.69, 9.17) is 9.15 Å². The molecule has 3 aromatic rings. The second-order valence-electron chi connectivity index (χ2n) is 8.73. The van der Waals surface area contributed by atoms with E-state index in [-0.39, 0.29) is 24.0 Å². The van der Waals surface area contributed by atoms with Gasteiger partial charge >= 0.3 is 11.6 Å². The SMILES string of the molecule is Cc1cc2oc(=O)cc(COC(=O)C(NC(=O)c3ccccc3F)C(C)C)c2cc1C(C)C. The van der Waals surface area contributed by atoms with Crippen molar-refractivity contribution in [1.29, 1.82) is 0 Å². The van der Waals surface area contributed by atoms with E-state index in [0.717, 1.165) is 11.1 Å². The Labute approximate surface area is 191 Å². The lowest BCUT2D eigenvalue weighted by Gasteiger charge is -2.21. The molecule has 0 aliphatic heterocycles. The van der Waals surface area contributed by atoms with Crippen LogP contribution >= 0.6 is 0 Å². The van der Waals surface area contributed by atoms with Crippen LogP contribution in [0, 0.1) is 18.7 Å². The number of hydrogen-bond donors (Lipinski definition) is 1. The molecular formula is C26H28FNO5. The molecule has 1 heterocycles. The zero-order valence-electron chi connectivity index (χ0n) is 19.4. The van der Waals surface area contributed by atoms with Crippen LogP contribution in [-0.2, 0) is 16.1 Å². The second kappa shape index (κ2) is 9.98. The molecule has 1 unspecified atom stereocenters. The van der Waals surface area contributed by atoms with Crippen LogP contribution in [-0.4, -0.2) is 17.9 Å². The minimum absolute atomic E-state index is 0.154. The Bertz CT molecular complexity index is 1250. The average molecular weight is 454 g/mol. The Balaban J connectivity index is 1.83. The Morgan fingerprint density at radius 3 is 2.42 bits per heavy atom. The van der Waals surface area contributed by atoms with E-state index in [9.17, 15) is 18.8 Å². The Morgan fingerprint density at radius 2 is 1.79 bits per heavy atom. The number of esters is 1. The van der Waals surface area contributed by atoms with Crippen molar-refractivity contribution in [3.05, 3.63) is 81.0 Å². The maximum atomic E-state index is 14.0. The first-order valence-corrected chi connectivity index (χ1v) is 10.9. The molecule has 1 N–H and O–H groups in total. The van der Waals surface area contributed by atoms with Gasteiger partial charge < -0.3 is 14.5 Å². The van der Waals surface area contributed by atoms with Gasteiger partial charge in [-0.2, -0.15) is 0 Å². The summed E-state index contributed by atoms with van der Waals surface area (Å²) in [5.74, 6) is -2.10. The number of aryl methyl sites for hydroxylation is 1. The maximum absolute atomic E-state index is 14.0. The number of benzene rings is 2. The van der Waals surface area contributed by atoms with Gasteiger partial charge in [0.05, 0.1) is 5.56 Å². The number of fused-ring (bicyclic) bond motifs is 1. The van der Waals surface area contributed by atoms with Crippen LogP contribution in [0.4, 0.5) is 4.39 Å². The smallest absolute Gasteiger partial charge is 0.336 e. The zero-order valence-corrected chi connectivity index (χ0v) is 19.4. The van der Waals surface area contributed by atoms with E-state index >= 15 is 0 Å². The number of carbonyl (C=O) groups is 2. The molecule has 3 rings (SSSR count). The van der Waals surface area contributed by atoms with Gasteiger partial charge in [-0.1, -0.05) is 39.8 Å². The fourth-order valence-electron chi connectivity index (χ4n) is 3.73. The minimum atomic E-state index is -0.989. The molecule has 2 aromatic carbocycles. The summed E-state index contributed by atoms with van der Waals surface area (Å²) in [7, 11) is 0. The van der Waals surface area contributed by atoms with Gasteiger partial charge in [0.15, 0.2) is 0 Å². The molecule has 0 spiro atoms. The van der Waals surface area contributed by atoms with Crippen molar-refractivity contribution in [2.45, 2.75) is 53.2 Å². The summed E-state index contributed by atoms with van der Waals surface area (Å²) in [6.07, 6.45) is 0. The van der Waals surface area contributed by atoms with E-state index in [0.29, 0.717) is 16.5 Å². The number of carbonyl (C=O) groups excluding carboxylic acids is 2. The van der Waals surface area contributed by atoms with Gasteiger partial charge in [0.25, 0.3) is 5.91 Å². The summed E-state index contributed by atoms with van der Waals surface area (Å²) in [4.78, 5) is 37.4. The number of hydrogen-bond acceptors (Lipinski definition) is 5. The third-order valence-corrected chi connectivity index (χ3v) is 5.53. The molecule has 0 bridgehead atoms. The van der Waals surface area contributed by atoms with Crippen molar-refractivity contribution in [2.75, 3.05) is 0 Å². The van der Waals surface area contributed by atoms with Crippen molar-refractivity contribution in [2.24, 2.45) is 5.92 Å². The van der Waals surface area contributed by atoms with Gasteiger partial charge in [0.1, 0.15) is 24.0 Å². The molecule has 0 radical (unpaired) electrons. The topological polar surface area (TPSA) is 85.6 Å². The molecule has 1 aromatic heterocycles. The summed E-state index contributed by atoms with van der Waals surface area (Å²) in [5, 5.41) is 3.24. The fraction of sp³-hybridized carbons (Fsp3) is 0.346. The molecular weight excluding hydrogens is 425 g/mol. The monoisotopic (exact) mass is 453 g/mol. The van der Waals surface area contributed by atoms with E-state index in [1.165, 1.54) is 24.3 Å². The summed E-state index contributed by atoms with van der Waals surface area (Å²) >= 11 is 0. The fourth-order valence-corrected chi connectivity index (χ4v) is 3.73. The number of rotatable bonds is 7. The van der Waals surface area contributed by atoms with Gasteiger partial charge in [-0.25, -0.2) is 14.0 Å². The molecule has 33 heavy (non-hydrogen) atoms. The third-order valence-electron chi connectivity index (χ3n) is 5.53. The molecule has 6 nitrogen and oxygen atoms in total. The van der Waals surface area contributed by atoms with Gasteiger partial charge in [-0.3, -0.25) is 4.79 Å². The normalized spacial score (nSPS) is 12.2. The van der Waals surface area contributed by atoms with Crippen LogP contribution in [0.5, 0.6) is 0 Å². The quantitative estimate of drug-likeness (QED) is 0.408. The predicted molar refractivity (Wildman–Crippen MR) is 124 cm³/mol. The third kappa shape index (κ3) is 5.48. The largest absolute Gasteiger partial charge is 0.459 e. The molecule has 0 fully saturated rings. The molecule has 0 aliphatic rings. The standard InChI is InChI=1S/C26H28FNO5/c1-14(2)19-12-20-17(11-23(29)33-22(20)10-16(19)5)13-32-26(31)24(15(3)4)28-25(30)18-8-6-7-9-21(18)27/h6-12,14-15,24H,13H2,1-5H3,(H,28,30). The van der Waals surface area contributed by atoms with Crippen LogP contribution in [0.25, 0.3) is 11.0 Å². The van der Waals surface area contributed by atoms with E-state index in [2.05, 4.69) is 19.2 Å². The molecule has 7 heteroatoms. The van der Waals surface area contributed by atoms with Crippen molar-refractivity contribution in [3.8, 4) is 0 Å². The first-order chi connectivity index (χ1) is 15.6. The Kier molecular flexibility index (Phi) is 7.31. The first kappa shape index (κ1) is 24.2. The second-order valence-corrected chi connectivity index (χ2v) is 8.73. The minimum Gasteiger partial charge on any atom is -0.459 e. The van der Waals surface area contributed by atoms with Crippen molar-refractivity contribution in [1.82, 2.24) is 5.32 Å². The average Bonchev–Trinajstić information content (AvgIpc) is 2.74. The van der Waals surface area contributed by atoms with Crippen LogP contribution in [0.3, 0.4) is 0 Å². The highest BCUT2D eigenvalue weighted by Gasteiger charge is 2.27. The summed E-state index contributed by atoms with van der Waals surface area (Å²) in [6, 6.07) is 9.61. The molecule has 0 aliphatic carbocycles. The number of amides is 1. The molecule has 0 saturated heterocycles. The molecule has 174 valence electrons.